The van der Waals surface area contributed by atoms with Crippen LogP contribution in [-0.2, 0) is 0 Å². The number of fused-ring (bicyclic) bond motifs is 2. The second-order valence-corrected chi connectivity index (χ2v) is 7.46. The fraction of sp³-hybridized carbons (Fsp3) is 0.231. The van der Waals surface area contributed by atoms with Crippen molar-refractivity contribution in [1.29, 1.82) is 0 Å². The minimum atomic E-state index is 0.715. The van der Waals surface area contributed by atoms with E-state index in [9.17, 15) is 0 Å². The quantitative estimate of drug-likeness (QED) is 0.208. The predicted molar refractivity (Wildman–Crippen MR) is 129 cm³/mol. The predicted octanol–water partition coefficient (Wildman–Crippen LogP) is 6.33. The van der Waals surface area contributed by atoms with Gasteiger partial charge in [-0.15, -0.1) is 0 Å². The molecule has 0 atom stereocenters. The van der Waals surface area contributed by atoms with Crippen LogP contribution in [0.5, 0.6) is 11.5 Å². The Kier molecular flexibility index (Phi) is 6.32. The number of rotatable bonds is 8. The van der Waals surface area contributed by atoms with Gasteiger partial charge in [0.15, 0.2) is 0 Å². The molecule has 4 aromatic rings. The standard InChI is InChI=1S/C26H27N3O2/c1-4-5-14-31-20-12-13-24-23(16-20)25(15-18(2)28-24)29-27-17-19-8-6-10-22-21(19)9-7-11-26(22)30-3/h6-13,15-17H,4-5,14H2,1-3H3,(H,28,29)/b27-17+. The Labute approximate surface area is 182 Å². The fourth-order valence-electron chi connectivity index (χ4n) is 3.62. The third-order valence-electron chi connectivity index (χ3n) is 5.20. The summed E-state index contributed by atoms with van der Waals surface area (Å²) >= 11 is 0. The third-order valence-corrected chi connectivity index (χ3v) is 5.20. The van der Waals surface area contributed by atoms with Crippen LogP contribution in [0.1, 0.15) is 31.0 Å². The highest BCUT2D eigenvalue weighted by Crippen LogP contribution is 2.29. The molecule has 31 heavy (non-hydrogen) atoms. The van der Waals surface area contributed by atoms with Crippen molar-refractivity contribution in [2.45, 2.75) is 26.7 Å². The van der Waals surface area contributed by atoms with Crippen LogP contribution in [0.2, 0.25) is 0 Å². The largest absolute Gasteiger partial charge is 0.496 e. The number of aromatic nitrogens is 1. The van der Waals surface area contributed by atoms with E-state index >= 15 is 0 Å². The Balaban J connectivity index is 1.63. The zero-order chi connectivity index (χ0) is 21.6. The van der Waals surface area contributed by atoms with E-state index in [4.69, 9.17) is 9.47 Å². The Morgan fingerprint density at radius 1 is 1.00 bits per heavy atom. The molecule has 0 radical (unpaired) electrons. The summed E-state index contributed by atoms with van der Waals surface area (Å²) in [5.74, 6) is 1.70. The van der Waals surface area contributed by atoms with Gasteiger partial charge < -0.3 is 9.47 Å². The SMILES string of the molecule is CCCCOc1ccc2nc(C)cc(N/N=C/c3cccc4c(OC)cccc34)c2c1. The highest BCUT2D eigenvalue weighted by molar-refractivity contribution is 6.02. The number of hydrazone groups is 1. The summed E-state index contributed by atoms with van der Waals surface area (Å²) in [5.41, 5.74) is 6.97. The van der Waals surface area contributed by atoms with Gasteiger partial charge >= 0.3 is 0 Å². The van der Waals surface area contributed by atoms with Crippen molar-refractivity contribution in [1.82, 2.24) is 4.98 Å². The minimum Gasteiger partial charge on any atom is -0.496 e. The van der Waals surface area contributed by atoms with Gasteiger partial charge in [0.2, 0.25) is 0 Å². The lowest BCUT2D eigenvalue weighted by Crippen LogP contribution is -1.98. The van der Waals surface area contributed by atoms with Crippen LogP contribution in [-0.4, -0.2) is 24.9 Å². The molecule has 5 nitrogen and oxygen atoms in total. The first-order valence-electron chi connectivity index (χ1n) is 10.6. The third kappa shape index (κ3) is 4.61. The summed E-state index contributed by atoms with van der Waals surface area (Å²) in [6.45, 7) is 4.85. The summed E-state index contributed by atoms with van der Waals surface area (Å²) in [5, 5.41) is 7.67. The first-order chi connectivity index (χ1) is 15.2. The van der Waals surface area contributed by atoms with Gasteiger partial charge in [-0.25, -0.2) is 0 Å². The van der Waals surface area contributed by atoms with Crippen molar-refractivity contribution in [2.75, 3.05) is 19.1 Å². The molecule has 0 saturated carbocycles. The van der Waals surface area contributed by atoms with E-state index in [1.807, 2.05) is 61.7 Å². The van der Waals surface area contributed by atoms with E-state index in [-0.39, 0.29) is 0 Å². The van der Waals surface area contributed by atoms with Crippen molar-refractivity contribution in [3.8, 4) is 11.5 Å². The van der Waals surface area contributed by atoms with Gasteiger partial charge in [0.25, 0.3) is 0 Å². The lowest BCUT2D eigenvalue weighted by Gasteiger charge is -2.11. The zero-order valence-electron chi connectivity index (χ0n) is 18.2. The molecule has 0 aliphatic rings. The van der Waals surface area contributed by atoms with Crippen LogP contribution >= 0.6 is 0 Å². The van der Waals surface area contributed by atoms with Crippen molar-refractivity contribution in [3.63, 3.8) is 0 Å². The normalized spacial score (nSPS) is 11.3. The number of hydrogen-bond acceptors (Lipinski definition) is 5. The lowest BCUT2D eigenvalue weighted by atomic mass is 10.0. The summed E-state index contributed by atoms with van der Waals surface area (Å²) in [4.78, 5) is 4.64. The summed E-state index contributed by atoms with van der Waals surface area (Å²) in [6.07, 6.45) is 3.98. The Morgan fingerprint density at radius 3 is 2.68 bits per heavy atom. The average Bonchev–Trinajstić information content (AvgIpc) is 2.79. The molecule has 1 aromatic heterocycles. The Morgan fingerprint density at radius 2 is 1.84 bits per heavy atom. The monoisotopic (exact) mass is 413 g/mol. The number of methoxy groups -OCH3 is 1. The minimum absolute atomic E-state index is 0.715. The average molecular weight is 414 g/mol. The number of pyridine rings is 1. The van der Waals surface area contributed by atoms with E-state index in [1.54, 1.807) is 7.11 Å². The fourth-order valence-corrected chi connectivity index (χ4v) is 3.62. The molecule has 0 amide bonds. The molecule has 0 fully saturated rings. The number of hydrogen-bond donors (Lipinski definition) is 1. The van der Waals surface area contributed by atoms with Crippen molar-refractivity contribution < 1.29 is 9.47 Å². The van der Waals surface area contributed by atoms with Gasteiger partial charge in [-0.05, 0) is 49.1 Å². The molecule has 1 N–H and O–H groups in total. The van der Waals surface area contributed by atoms with Gasteiger partial charge in [0.1, 0.15) is 11.5 Å². The Hall–Kier alpha value is -3.60. The molecule has 0 unspecified atom stereocenters. The topological polar surface area (TPSA) is 55.7 Å². The van der Waals surface area contributed by atoms with Crippen LogP contribution in [0.3, 0.4) is 0 Å². The van der Waals surface area contributed by atoms with Gasteiger partial charge in [0, 0.05) is 22.0 Å². The van der Waals surface area contributed by atoms with Crippen LogP contribution < -0.4 is 14.9 Å². The van der Waals surface area contributed by atoms with Gasteiger partial charge in [-0.1, -0.05) is 43.7 Å². The number of unbranched alkanes of at least 4 members (excludes halogenated alkanes) is 1. The summed E-state index contributed by atoms with van der Waals surface area (Å²) in [7, 11) is 1.69. The molecule has 0 aliphatic heterocycles. The van der Waals surface area contributed by atoms with Crippen LogP contribution in [0.15, 0.2) is 65.8 Å². The number of benzene rings is 3. The number of aryl methyl sites for hydroxylation is 1. The smallest absolute Gasteiger partial charge is 0.126 e. The highest BCUT2D eigenvalue weighted by Gasteiger charge is 2.07. The number of nitrogens with one attached hydrogen (secondary N) is 1. The number of anilines is 1. The van der Waals surface area contributed by atoms with E-state index in [0.717, 1.165) is 63.0 Å². The van der Waals surface area contributed by atoms with Crippen molar-refractivity contribution in [2.24, 2.45) is 5.10 Å². The van der Waals surface area contributed by atoms with Gasteiger partial charge in [-0.3, -0.25) is 10.4 Å². The first-order valence-corrected chi connectivity index (χ1v) is 10.6. The molecular formula is C26H27N3O2. The van der Waals surface area contributed by atoms with Crippen LogP contribution in [0, 0.1) is 6.92 Å². The van der Waals surface area contributed by atoms with Gasteiger partial charge in [0.05, 0.1) is 31.1 Å². The van der Waals surface area contributed by atoms with Gasteiger partial charge in [-0.2, -0.15) is 5.10 Å². The van der Waals surface area contributed by atoms with E-state index in [0.29, 0.717) is 6.61 Å². The number of nitrogens with zero attached hydrogens (tertiary/aromatic N) is 2. The summed E-state index contributed by atoms with van der Waals surface area (Å²) in [6, 6.07) is 20.1. The maximum Gasteiger partial charge on any atom is 0.126 e. The molecule has 3 aromatic carbocycles. The summed E-state index contributed by atoms with van der Waals surface area (Å²) < 4.78 is 11.4. The number of ether oxygens (including phenoxy) is 2. The first kappa shape index (κ1) is 20.7. The van der Waals surface area contributed by atoms with Crippen LogP contribution in [0.25, 0.3) is 21.7 Å². The molecule has 0 saturated heterocycles. The molecule has 1 heterocycles. The van der Waals surface area contributed by atoms with Crippen molar-refractivity contribution >= 4 is 33.6 Å². The second kappa shape index (κ2) is 9.47. The lowest BCUT2D eigenvalue weighted by molar-refractivity contribution is 0.310. The molecule has 0 aliphatic carbocycles. The molecule has 4 rings (SSSR count). The van der Waals surface area contributed by atoms with E-state index < -0.39 is 0 Å². The molecular weight excluding hydrogens is 386 g/mol. The zero-order valence-corrected chi connectivity index (χ0v) is 18.2. The maximum absolute atomic E-state index is 5.88. The molecule has 5 heteroatoms. The molecule has 158 valence electrons. The second-order valence-electron chi connectivity index (χ2n) is 7.46. The molecule has 0 spiro atoms. The van der Waals surface area contributed by atoms with Crippen molar-refractivity contribution in [3.05, 3.63) is 71.9 Å². The maximum atomic E-state index is 5.88. The van der Waals surface area contributed by atoms with Crippen LogP contribution in [0.4, 0.5) is 5.69 Å². The van der Waals surface area contributed by atoms with E-state index in [2.05, 4.69) is 34.6 Å². The molecule has 0 bridgehead atoms. The highest BCUT2D eigenvalue weighted by atomic mass is 16.5. The Bertz CT molecular complexity index is 1230. The van der Waals surface area contributed by atoms with E-state index in [1.165, 1.54) is 0 Å².